The van der Waals surface area contributed by atoms with E-state index in [1.165, 1.54) is 23.1 Å². The van der Waals surface area contributed by atoms with Gasteiger partial charge in [0, 0.05) is 24.3 Å². The summed E-state index contributed by atoms with van der Waals surface area (Å²) in [5, 5.41) is 8.93. The van der Waals surface area contributed by atoms with Crippen LogP contribution in [0, 0.1) is 5.82 Å². The molecule has 0 aromatic heterocycles. The van der Waals surface area contributed by atoms with Crippen LogP contribution in [0.2, 0.25) is 5.02 Å². The average Bonchev–Trinajstić information content (AvgIpc) is 2.72. The lowest BCUT2D eigenvalue weighted by Crippen LogP contribution is -2.52. The molecule has 0 spiro atoms. The van der Waals surface area contributed by atoms with E-state index in [-0.39, 0.29) is 35.6 Å². The van der Waals surface area contributed by atoms with Gasteiger partial charge in [-0.25, -0.2) is 9.18 Å². The first kappa shape index (κ1) is 22.2. The van der Waals surface area contributed by atoms with Crippen LogP contribution in [-0.4, -0.2) is 53.7 Å². The summed E-state index contributed by atoms with van der Waals surface area (Å²) in [7, 11) is 0. The third-order valence-electron chi connectivity index (χ3n) is 4.90. The van der Waals surface area contributed by atoms with Crippen molar-refractivity contribution in [1.82, 2.24) is 4.90 Å². The van der Waals surface area contributed by atoms with Gasteiger partial charge in [-0.1, -0.05) is 35.9 Å². The number of anilines is 1. The maximum atomic E-state index is 13.7. The zero-order chi connectivity index (χ0) is 21.8. The quantitative estimate of drug-likeness (QED) is 0.725. The first-order valence-electron chi connectivity index (χ1n) is 9.68. The van der Waals surface area contributed by atoms with Crippen LogP contribution >= 0.6 is 11.6 Å². The van der Waals surface area contributed by atoms with E-state index >= 15 is 0 Å². The summed E-state index contributed by atoms with van der Waals surface area (Å²) < 4.78 is 19.4. The van der Waals surface area contributed by atoms with E-state index < -0.39 is 12.4 Å². The summed E-state index contributed by atoms with van der Waals surface area (Å²) in [5.41, 5.74) is 1.63. The predicted octanol–water partition coefficient (Wildman–Crippen LogP) is 3.89. The number of benzene rings is 2. The standard InChI is InChI=1S/C22H24ClFN2O4/c1-14-10-25(11-15(2)30-14)22(29)26(18-7-8-20(24)19(23)9-18)12-16-3-5-17(6-4-16)21(28)13-27/h3-9,14-15,27H,10-13H2,1-2H3. The number of amides is 2. The van der Waals surface area contributed by atoms with Crippen molar-refractivity contribution in [3.63, 3.8) is 0 Å². The average molecular weight is 435 g/mol. The maximum absolute atomic E-state index is 13.7. The van der Waals surface area contributed by atoms with Gasteiger partial charge < -0.3 is 14.7 Å². The van der Waals surface area contributed by atoms with Crippen molar-refractivity contribution in [2.75, 3.05) is 24.6 Å². The zero-order valence-electron chi connectivity index (χ0n) is 16.8. The van der Waals surface area contributed by atoms with Crippen LogP contribution in [-0.2, 0) is 11.3 Å². The highest BCUT2D eigenvalue weighted by molar-refractivity contribution is 6.31. The minimum atomic E-state index is -0.564. The van der Waals surface area contributed by atoms with Crippen LogP contribution < -0.4 is 4.90 Å². The monoisotopic (exact) mass is 434 g/mol. The van der Waals surface area contributed by atoms with Crippen molar-refractivity contribution in [2.45, 2.75) is 32.6 Å². The van der Waals surface area contributed by atoms with Crippen LogP contribution in [0.1, 0.15) is 29.8 Å². The summed E-state index contributed by atoms with van der Waals surface area (Å²) in [6.45, 7) is 4.34. The molecule has 1 heterocycles. The highest BCUT2D eigenvalue weighted by atomic mass is 35.5. The smallest absolute Gasteiger partial charge is 0.324 e. The Hall–Kier alpha value is -2.48. The molecule has 0 saturated carbocycles. The molecule has 2 aromatic rings. The van der Waals surface area contributed by atoms with E-state index in [1.54, 1.807) is 29.2 Å². The Morgan fingerprint density at radius 2 is 1.80 bits per heavy atom. The largest absolute Gasteiger partial charge is 0.388 e. The number of rotatable bonds is 5. The lowest BCUT2D eigenvalue weighted by Gasteiger charge is -2.38. The predicted molar refractivity (Wildman–Crippen MR) is 112 cm³/mol. The Bertz CT molecular complexity index is 912. The summed E-state index contributed by atoms with van der Waals surface area (Å²) in [6, 6.07) is 10.6. The fourth-order valence-electron chi connectivity index (χ4n) is 3.50. The van der Waals surface area contributed by atoms with Gasteiger partial charge in [-0.3, -0.25) is 9.69 Å². The van der Waals surface area contributed by atoms with Crippen molar-refractivity contribution in [2.24, 2.45) is 0 Å². The maximum Gasteiger partial charge on any atom is 0.324 e. The molecule has 160 valence electrons. The number of ketones is 1. The van der Waals surface area contributed by atoms with Crippen molar-refractivity contribution in [1.29, 1.82) is 0 Å². The van der Waals surface area contributed by atoms with Gasteiger partial charge >= 0.3 is 6.03 Å². The number of carbonyl (C=O) groups is 2. The van der Waals surface area contributed by atoms with E-state index in [1.807, 2.05) is 13.8 Å². The molecule has 2 amide bonds. The van der Waals surface area contributed by atoms with Gasteiger partial charge in [0.05, 0.1) is 23.8 Å². The summed E-state index contributed by atoms with van der Waals surface area (Å²) in [4.78, 5) is 28.2. The number of carbonyl (C=O) groups excluding carboxylic acids is 2. The number of morpholine rings is 1. The highest BCUT2D eigenvalue weighted by Gasteiger charge is 2.30. The van der Waals surface area contributed by atoms with Gasteiger partial charge in [0.15, 0.2) is 5.78 Å². The number of Topliss-reactive ketones (excluding diaryl/α,β-unsaturated/α-hetero) is 1. The van der Waals surface area contributed by atoms with Crippen molar-refractivity contribution < 1.29 is 23.8 Å². The SMILES string of the molecule is CC1CN(C(=O)N(Cc2ccc(C(=O)CO)cc2)c2ccc(F)c(Cl)c2)CC(C)O1. The van der Waals surface area contributed by atoms with E-state index in [9.17, 15) is 14.0 Å². The summed E-state index contributed by atoms with van der Waals surface area (Å²) in [5.74, 6) is -0.940. The molecule has 30 heavy (non-hydrogen) atoms. The minimum absolute atomic E-state index is 0.0714. The molecule has 0 bridgehead atoms. The molecule has 0 radical (unpaired) electrons. The number of aliphatic hydroxyl groups is 1. The van der Waals surface area contributed by atoms with Crippen LogP contribution in [0.3, 0.4) is 0 Å². The van der Waals surface area contributed by atoms with E-state index in [2.05, 4.69) is 0 Å². The Balaban J connectivity index is 1.90. The second-order valence-corrected chi connectivity index (χ2v) is 7.81. The van der Waals surface area contributed by atoms with Gasteiger partial charge in [0.1, 0.15) is 12.4 Å². The normalized spacial score (nSPS) is 18.9. The second-order valence-electron chi connectivity index (χ2n) is 7.41. The molecule has 8 heteroatoms. The molecule has 1 N–H and O–H groups in total. The number of hydrogen-bond acceptors (Lipinski definition) is 4. The summed E-state index contributed by atoms with van der Waals surface area (Å²) in [6.07, 6.45) is -0.194. The Morgan fingerprint density at radius 3 is 2.37 bits per heavy atom. The van der Waals surface area contributed by atoms with Gasteiger partial charge in [0.2, 0.25) is 0 Å². The molecule has 6 nitrogen and oxygen atoms in total. The number of nitrogens with zero attached hydrogens (tertiary/aromatic N) is 2. The molecular weight excluding hydrogens is 411 g/mol. The van der Waals surface area contributed by atoms with E-state index in [0.717, 1.165) is 5.56 Å². The fourth-order valence-corrected chi connectivity index (χ4v) is 3.67. The van der Waals surface area contributed by atoms with Crippen molar-refractivity contribution >= 4 is 29.1 Å². The zero-order valence-corrected chi connectivity index (χ0v) is 17.6. The van der Waals surface area contributed by atoms with Crippen molar-refractivity contribution in [3.8, 4) is 0 Å². The molecule has 1 aliphatic rings. The molecule has 0 aliphatic carbocycles. The number of urea groups is 1. The van der Waals surface area contributed by atoms with E-state index in [4.69, 9.17) is 21.4 Å². The minimum Gasteiger partial charge on any atom is -0.388 e. The molecular formula is C22H24ClFN2O4. The topological polar surface area (TPSA) is 70.1 Å². The molecule has 3 rings (SSSR count). The lowest BCUT2D eigenvalue weighted by molar-refractivity contribution is -0.0537. The molecule has 2 atom stereocenters. The third kappa shape index (κ3) is 5.16. The lowest BCUT2D eigenvalue weighted by atomic mass is 10.1. The van der Waals surface area contributed by atoms with Gasteiger partial charge in [-0.15, -0.1) is 0 Å². The van der Waals surface area contributed by atoms with Crippen LogP contribution in [0.4, 0.5) is 14.9 Å². The van der Waals surface area contributed by atoms with Gasteiger partial charge in [0.25, 0.3) is 0 Å². The molecule has 1 fully saturated rings. The Labute approximate surface area is 179 Å². The van der Waals surface area contributed by atoms with Crippen molar-refractivity contribution in [3.05, 3.63) is 64.4 Å². The Kier molecular flexibility index (Phi) is 7.07. The van der Waals surface area contributed by atoms with E-state index in [0.29, 0.717) is 24.3 Å². The first-order chi connectivity index (χ1) is 14.3. The summed E-state index contributed by atoms with van der Waals surface area (Å²) >= 11 is 5.96. The molecule has 1 saturated heterocycles. The number of halogens is 2. The third-order valence-corrected chi connectivity index (χ3v) is 5.19. The fraction of sp³-hybridized carbons (Fsp3) is 0.364. The number of ether oxygens (including phenoxy) is 1. The second kappa shape index (κ2) is 9.55. The number of hydrogen-bond donors (Lipinski definition) is 1. The number of aliphatic hydroxyl groups excluding tert-OH is 1. The van der Waals surface area contributed by atoms with Crippen LogP contribution in [0.15, 0.2) is 42.5 Å². The molecule has 1 aliphatic heterocycles. The Morgan fingerprint density at radius 1 is 1.17 bits per heavy atom. The van der Waals surface area contributed by atoms with Crippen LogP contribution in [0.25, 0.3) is 0 Å². The highest BCUT2D eigenvalue weighted by Crippen LogP contribution is 2.26. The molecule has 2 unspecified atom stereocenters. The van der Waals surface area contributed by atoms with Gasteiger partial charge in [-0.2, -0.15) is 0 Å². The van der Waals surface area contributed by atoms with Crippen LogP contribution in [0.5, 0.6) is 0 Å². The van der Waals surface area contributed by atoms with Gasteiger partial charge in [-0.05, 0) is 37.6 Å². The molecule has 2 aromatic carbocycles. The first-order valence-corrected chi connectivity index (χ1v) is 10.1.